The maximum absolute atomic E-state index is 13.2. The van der Waals surface area contributed by atoms with Crippen LogP contribution in [-0.2, 0) is 0 Å². The number of hydrogen-bond acceptors (Lipinski definition) is 4. The number of anilines is 1. The molecule has 1 saturated heterocycles. The quantitative estimate of drug-likeness (QED) is 0.646. The van der Waals surface area contributed by atoms with Gasteiger partial charge in [0.25, 0.3) is 5.91 Å². The summed E-state index contributed by atoms with van der Waals surface area (Å²) >= 11 is 0. The zero-order valence-corrected chi connectivity index (χ0v) is 16.9. The molecule has 1 fully saturated rings. The van der Waals surface area contributed by atoms with Crippen molar-refractivity contribution in [2.24, 2.45) is 0 Å². The van der Waals surface area contributed by atoms with Crippen LogP contribution in [0.5, 0.6) is 0 Å². The van der Waals surface area contributed by atoms with Crippen LogP contribution in [0, 0.1) is 0 Å². The van der Waals surface area contributed by atoms with E-state index >= 15 is 0 Å². The highest BCUT2D eigenvalue weighted by Gasteiger charge is 2.33. The molecule has 1 heterocycles. The molecule has 0 atom stereocenters. The van der Waals surface area contributed by atoms with E-state index in [-0.39, 0.29) is 24.1 Å². The number of hydrogen-bond donors (Lipinski definition) is 2. The van der Waals surface area contributed by atoms with Crippen molar-refractivity contribution in [1.29, 1.82) is 0 Å². The minimum absolute atomic E-state index is 0. The monoisotopic (exact) mass is 399 g/mol. The molecule has 0 radical (unpaired) electrons. The summed E-state index contributed by atoms with van der Waals surface area (Å²) in [7, 11) is 0. The fraction of sp³-hybridized carbons (Fsp3) is 0.364. The number of carbonyl (C=O) groups is 2. The van der Waals surface area contributed by atoms with E-state index in [1.54, 1.807) is 0 Å². The number of amides is 1. The Morgan fingerprint density at radius 2 is 1.79 bits per heavy atom. The summed E-state index contributed by atoms with van der Waals surface area (Å²) in [4.78, 5) is 28.3. The molecular weight excluding hydrogens is 374 g/mol. The van der Waals surface area contributed by atoms with Gasteiger partial charge in [-0.05, 0) is 23.6 Å². The number of unbranched alkanes of at least 4 members (excludes halogenated alkanes) is 1. The van der Waals surface area contributed by atoms with Crippen LogP contribution in [0.3, 0.4) is 0 Å². The minimum Gasteiger partial charge on any atom is -0.368 e. The SMILES string of the molecule is CCCCNC(=O)c1ccc2c(c1N1CCNCC1)C(=O)c1ccccc1-2.Cl. The molecule has 28 heavy (non-hydrogen) atoms. The standard InChI is InChI=1S/C22H25N3O2.ClH/c1-2-3-10-24-22(27)18-9-8-16-15-6-4-5-7-17(15)21(26)19(16)20(18)25-13-11-23-12-14-25;/h4-9,23H,2-3,10-14H2,1H3,(H,24,27);1H. The first-order valence-corrected chi connectivity index (χ1v) is 9.77. The van der Waals surface area contributed by atoms with Crippen LogP contribution in [0.1, 0.15) is 46.0 Å². The Hall–Kier alpha value is -2.37. The predicted octanol–water partition coefficient (Wildman–Crippen LogP) is 3.26. The maximum atomic E-state index is 13.2. The molecule has 6 heteroatoms. The summed E-state index contributed by atoms with van der Waals surface area (Å²) in [5.41, 5.74) is 4.71. The molecule has 1 aliphatic carbocycles. The molecule has 0 saturated carbocycles. The topological polar surface area (TPSA) is 61.4 Å². The number of nitrogens with one attached hydrogen (secondary N) is 2. The number of fused-ring (bicyclic) bond motifs is 3. The predicted molar refractivity (Wildman–Crippen MR) is 115 cm³/mol. The zero-order chi connectivity index (χ0) is 18.8. The number of nitrogens with zero attached hydrogens (tertiary/aromatic N) is 1. The van der Waals surface area contributed by atoms with Crippen molar-refractivity contribution in [3.8, 4) is 11.1 Å². The summed E-state index contributed by atoms with van der Waals surface area (Å²) in [5, 5.41) is 6.36. The molecule has 5 nitrogen and oxygen atoms in total. The van der Waals surface area contributed by atoms with E-state index < -0.39 is 0 Å². The van der Waals surface area contributed by atoms with Crippen molar-refractivity contribution in [2.45, 2.75) is 19.8 Å². The van der Waals surface area contributed by atoms with Crippen LogP contribution >= 0.6 is 12.4 Å². The number of carbonyl (C=O) groups excluding carboxylic acids is 2. The van der Waals surface area contributed by atoms with Gasteiger partial charge in [-0.1, -0.05) is 43.7 Å². The van der Waals surface area contributed by atoms with Gasteiger partial charge in [-0.3, -0.25) is 9.59 Å². The first-order valence-electron chi connectivity index (χ1n) is 9.77. The van der Waals surface area contributed by atoms with Gasteiger partial charge in [0, 0.05) is 38.3 Å². The van der Waals surface area contributed by atoms with Gasteiger partial charge >= 0.3 is 0 Å². The lowest BCUT2D eigenvalue weighted by Crippen LogP contribution is -2.45. The molecular formula is C22H26ClN3O2. The fourth-order valence-electron chi connectivity index (χ4n) is 3.97. The van der Waals surface area contributed by atoms with E-state index in [1.165, 1.54) is 0 Å². The Balaban J connectivity index is 0.00000225. The van der Waals surface area contributed by atoms with Gasteiger partial charge in [0.05, 0.1) is 16.8 Å². The van der Waals surface area contributed by atoms with E-state index in [4.69, 9.17) is 0 Å². The first-order chi connectivity index (χ1) is 13.2. The van der Waals surface area contributed by atoms with Gasteiger partial charge in [-0.15, -0.1) is 12.4 Å². The normalized spacial score (nSPS) is 14.9. The summed E-state index contributed by atoms with van der Waals surface area (Å²) in [6, 6.07) is 11.5. The summed E-state index contributed by atoms with van der Waals surface area (Å²) in [5.74, 6) is -0.0686. The lowest BCUT2D eigenvalue weighted by atomic mass is 9.98. The second kappa shape index (κ2) is 8.76. The molecule has 2 aliphatic rings. The maximum Gasteiger partial charge on any atom is 0.253 e. The average molecular weight is 400 g/mol. The Morgan fingerprint density at radius 3 is 2.50 bits per heavy atom. The summed E-state index contributed by atoms with van der Waals surface area (Å²) in [6.45, 7) is 6.03. The Bertz CT molecular complexity index is 891. The highest BCUT2D eigenvalue weighted by atomic mass is 35.5. The van der Waals surface area contributed by atoms with Crippen LogP contribution in [0.2, 0.25) is 0 Å². The van der Waals surface area contributed by atoms with Crippen LogP contribution in [-0.4, -0.2) is 44.4 Å². The second-order valence-corrected chi connectivity index (χ2v) is 7.11. The number of ketones is 1. The van der Waals surface area contributed by atoms with Gasteiger partial charge in [0.15, 0.2) is 5.78 Å². The van der Waals surface area contributed by atoms with Crippen LogP contribution in [0.4, 0.5) is 5.69 Å². The zero-order valence-electron chi connectivity index (χ0n) is 16.1. The molecule has 0 unspecified atom stereocenters. The van der Waals surface area contributed by atoms with E-state index in [1.807, 2.05) is 36.4 Å². The number of rotatable bonds is 5. The minimum atomic E-state index is -0.0939. The molecule has 148 valence electrons. The average Bonchev–Trinajstić information content (AvgIpc) is 3.01. The van der Waals surface area contributed by atoms with Gasteiger partial charge in [-0.2, -0.15) is 0 Å². The van der Waals surface area contributed by atoms with Crippen LogP contribution in [0.15, 0.2) is 36.4 Å². The highest BCUT2D eigenvalue weighted by Crippen LogP contribution is 2.43. The van der Waals surface area contributed by atoms with Gasteiger partial charge in [0.2, 0.25) is 0 Å². The third-order valence-corrected chi connectivity index (χ3v) is 5.36. The first kappa shape index (κ1) is 20.4. The van der Waals surface area contributed by atoms with Crippen molar-refractivity contribution in [3.63, 3.8) is 0 Å². The number of halogens is 1. The second-order valence-electron chi connectivity index (χ2n) is 7.11. The Labute approximate surface area is 171 Å². The van der Waals surface area contributed by atoms with Crippen LogP contribution in [0.25, 0.3) is 11.1 Å². The van der Waals surface area contributed by atoms with E-state index in [9.17, 15) is 9.59 Å². The Morgan fingerprint density at radius 1 is 1.07 bits per heavy atom. The van der Waals surface area contributed by atoms with Crippen LogP contribution < -0.4 is 15.5 Å². The molecule has 4 rings (SSSR count). The largest absolute Gasteiger partial charge is 0.368 e. The molecule has 0 aromatic heterocycles. The van der Waals surface area contributed by atoms with E-state index in [0.29, 0.717) is 17.7 Å². The van der Waals surface area contributed by atoms with Crippen molar-refractivity contribution in [2.75, 3.05) is 37.6 Å². The summed E-state index contributed by atoms with van der Waals surface area (Å²) < 4.78 is 0. The van der Waals surface area contributed by atoms with Gasteiger partial charge in [-0.25, -0.2) is 0 Å². The third kappa shape index (κ3) is 3.52. The van der Waals surface area contributed by atoms with Crippen molar-refractivity contribution >= 4 is 29.8 Å². The third-order valence-electron chi connectivity index (χ3n) is 5.36. The van der Waals surface area contributed by atoms with Crippen molar-refractivity contribution in [1.82, 2.24) is 10.6 Å². The molecule has 2 N–H and O–H groups in total. The smallest absolute Gasteiger partial charge is 0.253 e. The highest BCUT2D eigenvalue weighted by molar-refractivity contribution is 6.26. The molecule has 2 aromatic carbocycles. The molecule has 1 aliphatic heterocycles. The van der Waals surface area contributed by atoms with Gasteiger partial charge in [0.1, 0.15) is 0 Å². The molecule has 0 spiro atoms. The fourth-order valence-corrected chi connectivity index (χ4v) is 3.97. The van der Waals surface area contributed by atoms with Crippen molar-refractivity contribution in [3.05, 3.63) is 53.1 Å². The number of piperazine rings is 1. The molecule has 2 aromatic rings. The molecule has 1 amide bonds. The lowest BCUT2D eigenvalue weighted by Gasteiger charge is -2.32. The lowest BCUT2D eigenvalue weighted by molar-refractivity contribution is 0.0953. The van der Waals surface area contributed by atoms with Gasteiger partial charge < -0.3 is 15.5 Å². The van der Waals surface area contributed by atoms with Crippen molar-refractivity contribution < 1.29 is 9.59 Å². The number of benzene rings is 2. The Kier molecular flexibility index (Phi) is 6.37. The van der Waals surface area contributed by atoms with E-state index in [2.05, 4.69) is 22.5 Å². The summed E-state index contributed by atoms with van der Waals surface area (Å²) in [6.07, 6.45) is 1.98. The van der Waals surface area contributed by atoms with E-state index in [0.717, 1.165) is 61.4 Å². The molecule has 0 bridgehead atoms.